The molecular formula is C8H13NO3. The molecule has 2 atom stereocenters. The van der Waals surface area contributed by atoms with E-state index in [4.69, 9.17) is 0 Å². The Labute approximate surface area is 71.3 Å². The maximum atomic E-state index is 11.1. The van der Waals surface area contributed by atoms with Crippen LogP contribution in [-0.2, 0) is 14.3 Å². The number of esters is 1. The zero-order valence-electron chi connectivity index (χ0n) is 7.29. The third-order valence-corrected chi connectivity index (χ3v) is 2.22. The van der Waals surface area contributed by atoms with Crippen molar-refractivity contribution in [2.75, 3.05) is 13.7 Å². The molecule has 1 fully saturated rings. The molecular weight excluding hydrogens is 158 g/mol. The fourth-order valence-electron chi connectivity index (χ4n) is 1.36. The summed E-state index contributed by atoms with van der Waals surface area (Å²) in [6, 6.07) is 0. The second kappa shape index (κ2) is 3.56. The summed E-state index contributed by atoms with van der Waals surface area (Å²) in [6.07, 6.45) is 0.258. The van der Waals surface area contributed by atoms with Gasteiger partial charge in [0, 0.05) is 13.0 Å². The fraction of sp³-hybridized carbons (Fsp3) is 0.750. The molecule has 2 unspecified atom stereocenters. The quantitative estimate of drug-likeness (QED) is 0.562. The van der Waals surface area contributed by atoms with Crippen LogP contribution in [0.5, 0.6) is 0 Å². The Balaban J connectivity index is 2.60. The van der Waals surface area contributed by atoms with E-state index in [0.717, 1.165) is 0 Å². The van der Waals surface area contributed by atoms with Crippen LogP contribution in [-0.4, -0.2) is 25.5 Å². The molecule has 1 N–H and O–H groups in total. The number of methoxy groups -OCH3 is 1. The number of piperidine rings is 1. The summed E-state index contributed by atoms with van der Waals surface area (Å²) in [5.41, 5.74) is 0. The largest absolute Gasteiger partial charge is 0.469 e. The van der Waals surface area contributed by atoms with Gasteiger partial charge in [-0.1, -0.05) is 6.92 Å². The zero-order chi connectivity index (χ0) is 9.14. The van der Waals surface area contributed by atoms with Crippen molar-refractivity contribution in [2.45, 2.75) is 13.3 Å². The minimum atomic E-state index is -0.280. The van der Waals surface area contributed by atoms with E-state index in [1.54, 1.807) is 0 Å². The van der Waals surface area contributed by atoms with Gasteiger partial charge < -0.3 is 10.1 Å². The number of carbonyl (C=O) groups excluding carboxylic acids is 2. The van der Waals surface area contributed by atoms with E-state index >= 15 is 0 Å². The van der Waals surface area contributed by atoms with Gasteiger partial charge in [-0.25, -0.2) is 0 Å². The number of ether oxygens (including phenoxy) is 1. The Morgan fingerprint density at radius 1 is 1.67 bits per heavy atom. The molecule has 1 aliphatic heterocycles. The molecule has 1 amide bonds. The van der Waals surface area contributed by atoms with E-state index in [1.807, 2.05) is 6.92 Å². The first kappa shape index (κ1) is 9.03. The highest BCUT2D eigenvalue weighted by Gasteiger charge is 2.32. The maximum Gasteiger partial charge on any atom is 0.309 e. The van der Waals surface area contributed by atoms with Crippen LogP contribution in [0.1, 0.15) is 13.3 Å². The first-order valence-electron chi connectivity index (χ1n) is 3.99. The lowest BCUT2D eigenvalue weighted by Gasteiger charge is -2.26. The molecule has 1 heterocycles. The smallest absolute Gasteiger partial charge is 0.309 e. The monoisotopic (exact) mass is 171 g/mol. The van der Waals surface area contributed by atoms with Crippen LogP contribution in [0.4, 0.5) is 0 Å². The Kier molecular flexibility index (Phi) is 2.68. The Hall–Kier alpha value is -1.06. The Morgan fingerprint density at radius 3 is 2.92 bits per heavy atom. The molecule has 68 valence electrons. The summed E-state index contributed by atoms with van der Waals surface area (Å²) in [5.74, 6) is -0.431. The minimum absolute atomic E-state index is 0.0662. The summed E-state index contributed by atoms with van der Waals surface area (Å²) < 4.78 is 4.59. The maximum absolute atomic E-state index is 11.1. The Bertz CT molecular complexity index is 202. The highest BCUT2D eigenvalue weighted by Crippen LogP contribution is 2.20. The number of carbonyl (C=O) groups is 2. The average molecular weight is 171 g/mol. The van der Waals surface area contributed by atoms with Gasteiger partial charge >= 0.3 is 5.97 Å². The van der Waals surface area contributed by atoms with Crippen LogP contribution in [0.2, 0.25) is 0 Å². The van der Waals surface area contributed by atoms with Gasteiger partial charge in [-0.2, -0.15) is 0 Å². The van der Waals surface area contributed by atoms with E-state index < -0.39 is 0 Å². The van der Waals surface area contributed by atoms with Gasteiger partial charge in [-0.05, 0) is 5.92 Å². The van der Waals surface area contributed by atoms with Gasteiger partial charge in [-0.3, -0.25) is 9.59 Å². The molecule has 0 radical (unpaired) electrons. The second-order valence-electron chi connectivity index (χ2n) is 3.12. The van der Waals surface area contributed by atoms with E-state index in [-0.39, 0.29) is 30.1 Å². The van der Waals surface area contributed by atoms with Crippen LogP contribution >= 0.6 is 0 Å². The predicted molar refractivity (Wildman–Crippen MR) is 42.3 cm³/mol. The highest BCUT2D eigenvalue weighted by atomic mass is 16.5. The van der Waals surface area contributed by atoms with Crippen LogP contribution in [0.25, 0.3) is 0 Å². The van der Waals surface area contributed by atoms with E-state index in [0.29, 0.717) is 6.54 Å². The van der Waals surface area contributed by atoms with Crippen molar-refractivity contribution in [1.29, 1.82) is 0 Å². The molecule has 0 aliphatic carbocycles. The Morgan fingerprint density at radius 2 is 2.33 bits per heavy atom. The molecule has 0 aromatic heterocycles. The summed E-state index contributed by atoms with van der Waals surface area (Å²) in [4.78, 5) is 22.0. The van der Waals surface area contributed by atoms with Crippen LogP contribution in [0.3, 0.4) is 0 Å². The standard InChI is InChI=1S/C8H13NO3/c1-5-4-9-7(10)3-6(5)8(11)12-2/h5-6H,3-4H2,1-2H3,(H,9,10). The van der Waals surface area contributed by atoms with E-state index in [1.165, 1.54) is 7.11 Å². The lowest BCUT2D eigenvalue weighted by Crippen LogP contribution is -2.42. The number of hydrogen-bond acceptors (Lipinski definition) is 3. The first-order chi connectivity index (χ1) is 5.65. The topological polar surface area (TPSA) is 55.4 Å². The molecule has 1 saturated heterocycles. The predicted octanol–water partition coefficient (Wildman–Crippen LogP) is -0.0684. The SMILES string of the molecule is COC(=O)C1CC(=O)NCC1C. The first-order valence-corrected chi connectivity index (χ1v) is 3.99. The molecule has 1 rings (SSSR count). The molecule has 4 heteroatoms. The van der Waals surface area contributed by atoms with E-state index in [2.05, 4.69) is 10.1 Å². The fourth-order valence-corrected chi connectivity index (χ4v) is 1.36. The lowest BCUT2D eigenvalue weighted by atomic mass is 9.88. The highest BCUT2D eigenvalue weighted by molar-refractivity contribution is 5.84. The van der Waals surface area contributed by atoms with Gasteiger partial charge in [0.15, 0.2) is 0 Å². The number of hydrogen-bond donors (Lipinski definition) is 1. The number of amides is 1. The van der Waals surface area contributed by atoms with Gasteiger partial charge in [-0.15, -0.1) is 0 Å². The van der Waals surface area contributed by atoms with Crippen molar-refractivity contribution in [2.24, 2.45) is 11.8 Å². The lowest BCUT2D eigenvalue weighted by molar-refractivity contribution is -0.150. The molecule has 4 nitrogen and oxygen atoms in total. The van der Waals surface area contributed by atoms with Crippen LogP contribution < -0.4 is 5.32 Å². The normalized spacial score (nSPS) is 29.3. The van der Waals surface area contributed by atoms with Crippen molar-refractivity contribution in [3.63, 3.8) is 0 Å². The summed E-state index contributed by atoms with van der Waals surface area (Å²) in [5, 5.41) is 2.69. The van der Waals surface area contributed by atoms with Crippen molar-refractivity contribution in [3.8, 4) is 0 Å². The third-order valence-electron chi connectivity index (χ3n) is 2.22. The zero-order valence-corrected chi connectivity index (χ0v) is 7.29. The van der Waals surface area contributed by atoms with Crippen LogP contribution in [0, 0.1) is 11.8 Å². The molecule has 0 saturated carbocycles. The van der Waals surface area contributed by atoms with Gasteiger partial charge in [0.25, 0.3) is 0 Å². The van der Waals surface area contributed by atoms with Gasteiger partial charge in [0.05, 0.1) is 13.0 Å². The molecule has 0 bridgehead atoms. The average Bonchev–Trinajstić information content (AvgIpc) is 2.08. The summed E-state index contributed by atoms with van der Waals surface area (Å²) >= 11 is 0. The third kappa shape index (κ3) is 1.75. The molecule has 0 aromatic rings. The van der Waals surface area contributed by atoms with Gasteiger partial charge in [0.1, 0.15) is 0 Å². The summed E-state index contributed by atoms with van der Waals surface area (Å²) in [6.45, 7) is 2.50. The van der Waals surface area contributed by atoms with Crippen molar-refractivity contribution in [3.05, 3.63) is 0 Å². The molecule has 1 aliphatic rings. The minimum Gasteiger partial charge on any atom is -0.469 e. The number of nitrogens with one attached hydrogen (secondary N) is 1. The van der Waals surface area contributed by atoms with E-state index in [9.17, 15) is 9.59 Å². The summed E-state index contributed by atoms with van der Waals surface area (Å²) in [7, 11) is 1.35. The van der Waals surface area contributed by atoms with Crippen LogP contribution in [0.15, 0.2) is 0 Å². The molecule has 12 heavy (non-hydrogen) atoms. The van der Waals surface area contributed by atoms with Crippen molar-refractivity contribution in [1.82, 2.24) is 5.32 Å². The number of rotatable bonds is 1. The second-order valence-corrected chi connectivity index (χ2v) is 3.12. The van der Waals surface area contributed by atoms with Crippen molar-refractivity contribution >= 4 is 11.9 Å². The molecule has 0 spiro atoms. The van der Waals surface area contributed by atoms with Gasteiger partial charge in [0.2, 0.25) is 5.91 Å². The van der Waals surface area contributed by atoms with Crippen molar-refractivity contribution < 1.29 is 14.3 Å². The molecule has 0 aromatic carbocycles.